The van der Waals surface area contributed by atoms with E-state index in [-0.39, 0.29) is 5.75 Å². The quantitative estimate of drug-likeness (QED) is 0.872. The molecule has 2 aromatic rings. The molecule has 3 rings (SSSR count). The van der Waals surface area contributed by atoms with Crippen LogP contribution in [0.2, 0.25) is 0 Å². The standard InChI is InChI=1S/C14H11BrO3/c15-11-6-7-12(16)13-10(11)8-17-14(18-13)9-4-2-1-3-5-9/h1-7,14,16H,8H2. The molecule has 0 amide bonds. The van der Waals surface area contributed by atoms with Gasteiger partial charge in [0, 0.05) is 15.6 Å². The van der Waals surface area contributed by atoms with Gasteiger partial charge < -0.3 is 14.6 Å². The van der Waals surface area contributed by atoms with Crippen LogP contribution in [0.4, 0.5) is 0 Å². The summed E-state index contributed by atoms with van der Waals surface area (Å²) in [7, 11) is 0. The van der Waals surface area contributed by atoms with Gasteiger partial charge >= 0.3 is 0 Å². The second-order valence-electron chi connectivity index (χ2n) is 4.05. The number of benzene rings is 2. The van der Waals surface area contributed by atoms with Gasteiger partial charge in [-0.3, -0.25) is 0 Å². The average Bonchev–Trinajstić information content (AvgIpc) is 2.44. The van der Waals surface area contributed by atoms with Crippen molar-refractivity contribution in [2.24, 2.45) is 0 Å². The SMILES string of the molecule is Oc1ccc(Br)c2c1OC(c1ccccc1)OC2. The highest BCUT2D eigenvalue weighted by Gasteiger charge is 2.25. The largest absolute Gasteiger partial charge is 0.504 e. The number of aromatic hydroxyl groups is 1. The predicted molar refractivity (Wildman–Crippen MR) is 70.4 cm³/mol. The van der Waals surface area contributed by atoms with Gasteiger partial charge in [-0.15, -0.1) is 0 Å². The molecule has 0 spiro atoms. The number of ether oxygens (including phenoxy) is 2. The summed E-state index contributed by atoms with van der Waals surface area (Å²) < 4.78 is 12.3. The molecule has 0 aliphatic carbocycles. The Balaban J connectivity index is 1.96. The number of hydrogen-bond donors (Lipinski definition) is 1. The first-order valence-electron chi connectivity index (χ1n) is 5.59. The summed E-state index contributed by atoms with van der Waals surface area (Å²) in [4.78, 5) is 0. The molecule has 92 valence electrons. The van der Waals surface area contributed by atoms with Crippen molar-refractivity contribution in [1.29, 1.82) is 0 Å². The molecule has 0 fully saturated rings. The number of hydrogen-bond acceptors (Lipinski definition) is 3. The maximum atomic E-state index is 9.84. The summed E-state index contributed by atoms with van der Waals surface area (Å²) in [5, 5.41) is 9.84. The van der Waals surface area contributed by atoms with E-state index in [1.54, 1.807) is 12.1 Å². The van der Waals surface area contributed by atoms with E-state index in [0.29, 0.717) is 12.4 Å². The Labute approximate surface area is 113 Å². The summed E-state index contributed by atoms with van der Waals surface area (Å²) in [5.41, 5.74) is 1.77. The van der Waals surface area contributed by atoms with Crippen LogP contribution in [0, 0.1) is 0 Å². The molecule has 1 atom stereocenters. The van der Waals surface area contributed by atoms with Crippen molar-refractivity contribution in [3.63, 3.8) is 0 Å². The van der Waals surface area contributed by atoms with Gasteiger partial charge in [-0.05, 0) is 12.1 Å². The Morgan fingerprint density at radius 1 is 1.11 bits per heavy atom. The molecule has 1 unspecified atom stereocenters. The minimum absolute atomic E-state index is 0.137. The van der Waals surface area contributed by atoms with Gasteiger partial charge in [0.2, 0.25) is 6.29 Å². The molecule has 4 heteroatoms. The lowest BCUT2D eigenvalue weighted by Crippen LogP contribution is -2.18. The maximum Gasteiger partial charge on any atom is 0.227 e. The van der Waals surface area contributed by atoms with Crippen molar-refractivity contribution in [1.82, 2.24) is 0 Å². The minimum Gasteiger partial charge on any atom is -0.504 e. The van der Waals surface area contributed by atoms with Crippen molar-refractivity contribution >= 4 is 15.9 Å². The maximum absolute atomic E-state index is 9.84. The molecule has 1 aliphatic heterocycles. The van der Waals surface area contributed by atoms with Gasteiger partial charge in [0.15, 0.2) is 11.5 Å². The Hall–Kier alpha value is -1.52. The zero-order valence-electron chi connectivity index (χ0n) is 9.47. The molecule has 1 aliphatic rings. The van der Waals surface area contributed by atoms with Crippen molar-refractivity contribution in [2.45, 2.75) is 12.9 Å². The Morgan fingerprint density at radius 3 is 2.67 bits per heavy atom. The van der Waals surface area contributed by atoms with Gasteiger partial charge in [-0.2, -0.15) is 0 Å². The fourth-order valence-electron chi connectivity index (χ4n) is 1.93. The monoisotopic (exact) mass is 306 g/mol. The van der Waals surface area contributed by atoms with Gasteiger partial charge in [0.05, 0.1) is 6.61 Å². The normalized spacial score (nSPS) is 17.9. The Morgan fingerprint density at radius 2 is 1.89 bits per heavy atom. The lowest BCUT2D eigenvalue weighted by Gasteiger charge is -2.27. The number of phenolic OH excluding ortho intramolecular Hbond substituents is 1. The first-order valence-corrected chi connectivity index (χ1v) is 6.38. The molecule has 0 bridgehead atoms. The summed E-state index contributed by atoms with van der Waals surface area (Å²) in [6.45, 7) is 0.407. The topological polar surface area (TPSA) is 38.7 Å². The van der Waals surface area contributed by atoms with Crippen LogP contribution in [0.25, 0.3) is 0 Å². The van der Waals surface area contributed by atoms with Crippen LogP contribution in [-0.2, 0) is 11.3 Å². The van der Waals surface area contributed by atoms with Crippen molar-refractivity contribution in [2.75, 3.05) is 0 Å². The highest BCUT2D eigenvalue weighted by Crippen LogP contribution is 2.42. The van der Waals surface area contributed by atoms with Crippen LogP contribution >= 0.6 is 15.9 Å². The number of rotatable bonds is 1. The van der Waals surface area contributed by atoms with E-state index in [9.17, 15) is 5.11 Å². The van der Waals surface area contributed by atoms with E-state index in [4.69, 9.17) is 9.47 Å². The highest BCUT2D eigenvalue weighted by atomic mass is 79.9. The fraction of sp³-hybridized carbons (Fsp3) is 0.143. The number of fused-ring (bicyclic) bond motifs is 1. The lowest BCUT2D eigenvalue weighted by molar-refractivity contribution is -0.112. The van der Waals surface area contributed by atoms with Gasteiger partial charge in [0.1, 0.15) is 0 Å². The second kappa shape index (κ2) is 4.63. The Kier molecular flexibility index (Phi) is 2.97. The lowest BCUT2D eigenvalue weighted by atomic mass is 10.1. The van der Waals surface area contributed by atoms with Crippen LogP contribution < -0.4 is 4.74 Å². The molecule has 1 N–H and O–H groups in total. The summed E-state index contributed by atoms with van der Waals surface area (Å²) in [6.07, 6.45) is -0.473. The number of halogens is 1. The molecule has 0 aromatic heterocycles. The van der Waals surface area contributed by atoms with Gasteiger partial charge in [-0.25, -0.2) is 0 Å². The summed E-state index contributed by atoms with van der Waals surface area (Å²) in [6, 6.07) is 13.1. The van der Waals surface area contributed by atoms with E-state index in [0.717, 1.165) is 15.6 Å². The highest BCUT2D eigenvalue weighted by molar-refractivity contribution is 9.10. The molecular weight excluding hydrogens is 296 g/mol. The van der Waals surface area contributed by atoms with E-state index >= 15 is 0 Å². The predicted octanol–water partition coefficient (Wildman–Crippen LogP) is 3.76. The summed E-state index contributed by atoms with van der Waals surface area (Å²) in [5.74, 6) is 0.627. The van der Waals surface area contributed by atoms with Crippen molar-refractivity contribution in [3.8, 4) is 11.5 Å². The van der Waals surface area contributed by atoms with Crippen molar-refractivity contribution in [3.05, 3.63) is 58.1 Å². The van der Waals surface area contributed by atoms with Crippen LogP contribution in [0.3, 0.4) is 0 Å². The first kappa shape index (κ1) is 11.6. The Bertz CT molecular complexity index is 569. The second-order valence-corrected chi connectivity index (χ2v) is 4.90. The van der Waals surface area contributed by atoms with Crippen molar-refractivity contribution < 1.29 is 14.6 Å². The van der Waals surface area contributed by atoms with Crippen LogP contribution in [0.1, 0.15) is 17.4 Å². The first-order chi connectivity index (χ1) is 8.75. The summed E-state index contributed by atoms with van der Waals surface area (Å²) >= 11 is 3.42. The fourth-order valence-corrected chi connectivity index (χ4v) is 2.36. The molecule has 18 heavy (non-hydrogen) atoms. The molecule has 3 nitrogen and oxygen atoms in total. The smallest absolute Gasteiger partial charge is 0.227 e. The minimum atomic E-state index is -0.473. The van der Waals surface area contributed by atoms with Gasteiger partial charge in [-0.1, -0.05) is 46.3 Å². The molecule has 0 radical (unpaired) electrons. The third kappa shape index (κ3) is 1.98. The third-order valence-electron chi connectivity index (χ3n) is 2.86. The van der Waals surface area contributed by atoms with E-state index < -0.39 is 6.29 Å². The molecular formula is C14H11BrO3. The number of phenols is 1. The van der Waals surface area contributed by atoms with Crippen LogP contribution in [-0.4, -0.2) is 5.11 Å². The molecule has 1 heterocycles. The molecule has 2 aromatic carbocycles. The zero-order chi connectivity index (χ0) is 12.5. The molecule has 0 saturated carbocycles. The zero-order valence-corrected chi connectivity index (χ0v) is 11.1. The third-order valence-corrected chi connectivity index (χ3v) is 3.60. The van der Waals surface area contributed by atoms with Crippen LogP contribution in [0.5, 0.6) is 11.5 Å². The average molecular weight is 307 g/mol. The van der Waals surface area contributed by atoms with E-state index in [1.165, 1.54) is 0 Å². The van der Waals surface area contributed by atoms with E-state index in [1.807, 2.05) is 30.3 Å². The van der Waals surface area contributed by atoms with Crippen LogP contribution in [0.15, 0.2) is 46.9 Å². The van der Waals surface area contributed by atoms with E-state index in [2.05, 4.69) is 15.9 Å². The molecule has 0 saturated heterocycles. The van der Waals surface area contributed by atoms with Gasteiger partial charge in [0.25, 0.3) is 0 Å².